The van der Waals surface area contributed by atoms with Gasteiger partial charge in [-0.3, -0.25) is 0 Å². The van der Waals surface area contributed by atoms with Gasteiger partial charge in [0.2, 0.25) is 10.0 Å². The van der Waals surface area contributed by atoms with Gasteiger partial charge < -0.3 is 20.3 Å². The smallest absolute Gasteiger partial charge is 0.238 e. The van der Waals surface area contributed by atoms with E-state index in [1.54, 1.807) is 18.2 Å². The Kier molecular flexibility index (Phi) is 7.98. The molecule has 0 aliphatic heterocycles. The Hall–Kier alpha value is -2.00. The molecule has 2 aromatic carbocycles. The van der Waals surface area contributed by atoms with Crippen LogP contribution in [0.2, 0.25) is 0 Å². The lowest BCUT2D eigenvalue weighted by Gasteiger charge is -2.08. The van der Waals surface area contributed by atoms with E-state index in [-0.39, 0.29) is 28.8 Å². The maximum absolute atomic E-state index is 11.1. The quantitative estimate of drug-likeness (QED) is 0.400. The van der Waals surface area contributed by atoms with Crippen molar-refractivity contribution in [1.82, 2.24) is 5.32 Å². The average Bonchev–Trinajstić information content (AvgIpc) is 2.53. The normalized spacial score (nSPS) is 10.9. The molecule has 9 heteroatoms. The highest BCUT2D eigenvalue weighted by atomic mass is 35.5. The zero-order chi connectivity index (χ0) is 17.6. The second-order valence-electron chi connectivity index (χ2n) is 5.19. The van der Waals surface area contributed by atoms with Crippen molar-refractivity contribution < 1.29 is 23.4 Å². The molecule has 0 aliphatic carbocycles. The van der Waals surface area contributed by atoms with Crippen LogP contribution in [-0.2, 0) is 16.4 Å². The average molecular weight is 389 g/mol. The predicted molar refractivity (Wildman–Crippen MR) is 96.9 cm³/mol. The van der Waals surface area contributed by atoms with Crippen LogP contribution in [-0.4, -0.2) is 38.3 Å². The Morgan fingerprint density at radius 1 is 1.00 bits per heavy atom. The molecule has 2 aromatic rings. The van der Waals surface area contributed by atoms with Gasteiger partial charge in [-0.05, 0) is 54.9 Å². The zero-order valence-corrected chi connectivity index (χ0v) is 15.0. The Morgan fingerprint density at radius 2 is 1.68 bits per heavy atom. The monoisotopic (exact) mass is 388 g/mol. The number of nitrogens with two attached hydrogens (primary N) is 1. The molecule has 25 heavy (non-hydrogen) atoms. The van der Waals surface area contributed by atoms with E-state index < -0.39 is 10.0 Å². The topological polar surface area (TPSA) is 122 Å². The van der Waals surface area contributed by atoms with Crippen LogP contribution in [0.25, 0.3) is 0 Å². The Labute approximate surface area is 152 Å². The Morgan fingerprint density at radius 3 is 2.28 bits per heavy atom. The van der Waals surface area contributed by atoms with Gasteiger partial charge in [-0.25, -0.2) is 13.6 Å². The van der Waals surface area contributed by atoms with E-state index in [0.717, 1.165) is 5.56 Å². The van der Waals surface area contributed by atoms with E-state index in [9.17, 15) is 18.6 Å². The molecule has 0 spiro atoms. The molecule has 0 radical (unpaired) electrons. The molecule has 5 N–H and O–H groups in total. The van der Waals surface area contributed by atoms with Gasteiger partial charge in [0.1, 0.15) is 12.4 Å². The first-order chi connectivity index (χ1) is 11.4. The van der Waals surface area contributed by atoms with Gasteiger partial charge in [-0.1, -0.05) is 6.07 Å². The molecule has 138 valence electrons. The minimum Gasteiger partial charge on any atom is -0.504 e. The standard InChI is InChI=1S/C16H20N2O5S.ClH/c17-24(21,22)14-4-2-13(3-5-14)23-10-9-18-8-7-12-1-6-15(19)16(20)11-12;/h1-6,11,18-20H,7-10H2,(H2,17,21,22);1H. The third-order valence-electron chi connectivity index (χ3n) is 3.33. The van der Waals surface area contributed by atoms with Crippen molar-refractivity contribution in [3.05, 3.63) is 48.0 Å². The lowest BCUT2D eigenvalue weighted by molar-refractivity contribution is 0.314. The third kappa shape index (κ3) is 6.79. The summed E-state index contributed by atoms with van der Waals surface area (Å²) in [5.41, 5.74) is 0.914. The maximum atomic E-state index is 11.1. The van der Waals surface area contributed by atoms with Gasteiger partial charge in [0.05, 0.1) is 4.90 Å². The second kappa shape index (κ2) is 9.47. The van der Waals surface area contributed by atoms with E-state index in [1.165, 1.54) is 24.3 Å². The summed E-state index contributed by atoms with van der Waals surface area (Å²) in [4.78, 5) is 0.0464. The Bertz CT molecular complexity index is 782. The van der Waals surface area contributed by atoms with Gasteiger partial charge >= 0.3 is 0 Å². The van der Waals surface area contributed by atoms with Crippen molar-refractivity contribution in [1.29, 1.82) is 0 Å². The van der Waals surface area contributed by atoms with E-state index in [0.29, 0.717) is 31.9 Å². The number of nitrogens with one attached hydrogen (secondary N) is 1. The number of phenolic OH excluding ortho intramolecular Hbond substituents is 2. The van der Waals surface area contributed by atoms with Crippen LogP contribution in [0.15, 0.2) is 47.4 Å². The minimum absolute atomic E-state index is 0. The fraction of sp³-hybridized carbons (Fsp3) is 0.250. The van der Waals surface area contributed by atoms with Crippen molar-refractivity contribution in [3.63, 3.8) is 0 Å². The molecule has 0 bridgehead atoms. The van der Waals surface area contributed by atoms with E-state index >= 15 is 0 Å². The van der Waals surface area contributed by atoms with Crippen LogP contribution in [0.5, 0.6) is 17.2 Å². The number of benzene rings is 2. The molecule has 0 amide bonds. The van der Waals surface area contributed by atoms with Crippen molar-refractivity contribution in [2.24, 2.45) is 5.14 Å². The lowest BCUT2D eigenvalue weighted by atomic mass is 10.1. The second-order valence-corrected chi connectivity index (χ2v) is 6.75. The van der Waals surface area contributed by atoms with Crippen LogP contribution in [0, 0.1) is 0 Å². The first-order valence-electron chi connectivity index (χ1n) is 7.33. The summed E-state index contributed by atoms with van der Waals surface area (Å²) in [6, 6.07) is 10.6. The van der Waals surface area contributed by atoms with E-state index in [2.05, 4.69) is 5.32 Å². The molecular formula is C16H21ClN2O5S. The number of primary sulfonamides is 1. The number of aromatic hydroxyl groups is 2. The van der Waals surface area contributed by atoms with Gasteiger partial charge in [-0.15, -0.1) is 12.4 Å². The lowest BCUT2D eigenvalue weighted by Crippen LogP contribution is -2.23. The van der Waals surface area contributed by atoms with E-state index in [1.807, 2.05) is 0 Å². The molecular weight excluding hydrogens is 368 g/mol. The molecule has 2 rings (SSSR count). The molecule has 0 unspecified atom stereocenters. The number of hydrogen-bond acceptors (Lipinski definition) is 6. The number of sulfonamides is 1. The molecule has 0 heterocycles. The van der Waals surface area contributed by atoms with Crippen LogP contribution in [0.1, 0.15) is 5.56 Å². The molecule has 0 fully saturated rings. The van der Waals surface area contributed by atoms with Crippen LogP contribution < -0.4 is 15.2 Å². The fourth-order valence-electron chi connectivity index (χ4n) is 2.05. The summed E-state index contributed by atoms with van der Waals surface area (Å²) >= 11 is 0. The molecule has 0 aromatic heterocycles. The number of phenols is 2. The van der Waals surface area contributed by atoms with Crippen molar-refractivity contribution in [2.75, 3.05) is 19.7 Å². The summed E-state index contributed by atoms with van der Waals surface area (Å²) in [6.45, 7) is 1.73. The molecule has 0 saturated heterocycles. The van der Waals surface area contributed by atoms with E-state index in [4.69, 9.17) is 9.88 Å². The Balaban J connectivity index is 0.00000312. The minimum atomic E-state index is -3.69. The fourth-order valence-corrected chi connectivity index (χ4v) is 2.56. The van der Waals surface area contributed by atoms with Gasteiger partial charge in [0, 0.05) is 6.54 Å². The molecule has 0 saturated carbocycles. The predicted octanol–water partition coefficient (Wildman–Crippen LogP) is 1.38. The summed E-state index contributed by atoms with van der Waals surface area (Å²) in [5.74, 6) is 0.306. The summed E-state index contributed by atoms with van der Waals surface area (Å²) in [5, 5.41) is 26.8. The number of ether oxygens (including phenoxy) is 1. The first-order valence-corrected chi connectivity index (χ1v) is 8.88. The highest BCUT2D eigenvalue weighted by molar-refractivity contribution is 7.89. The van der Waals surface area contributed by atoms with Crippen LogP contribution >= 0.6 is 12.4 Å². The summed E-state index contributed by atoms with van der Waals surface area (Å²) in [7, 11) is -3.69. The number of halogens is 1. The molecule has 0 atom stereocenters. The van der Waals surface area contributed by atoms with Crippen molar-refractivity contribution in [2.45, 2.75) is 11.3 Å². The highest BCUT2D eigenvalue weighted by Gasteiger charge is 2.06. The van der Waals surface area contributed by atoms with Gasteiger partial charge in [0.15, 0.2) is 11.5 Å². The van der Waals surface area contributed by atoms with Gasteiger partial charge in [-0.2, -0.15) is 0 Å². The zero-order valence-electron chi connectivity index (χ0n) is 13.4. The highest BCUT2D eigenvalue weighted by Crippen LogP contribution is 2.24. The first kappa shape index (κ1) is 21.0. The molecule has 7 nitrogen and oxygen atoms in total. The SMILES string of the molecule is Cl.NS(=O)(=O)c1ccc(OCCNCCc2ccc(O)c(O)c2)cc1. The van der Waals surface area contributed by atoms with Crippen LogP contribution in [0.4, 0.5) is 0 Å². The largest absolute Gasteiger partial charge is 0.504 e. The van der Waals surface area contributed by atoms with Crippen molar-refractivity contribution >= 4 is 22.4 Å². The van der Waals surface area contributed by atoms with Gasteiger partial charge in [0.25, 0.3) is 0 Å². The molecule has 0 aliphatic rings. The number of rotatable bonds is 8. The maximum Gasteiger partial charge on any atom is 0.238 e. The van der Waals surface area contributed by atoms with Crippen molar-refractivity contribution in [3.8, 4) is 17.2 Å². The van der Waals surface area contributed by atoms with Crippen LogP contribution in [0.3, 0.4) is 0 Å². The number of hydrogen-bond donors (Lipinski definition) is 4. The summed E-state index contributed by atoms with van der Waals surface area (Å²) < 4.78 is 27.8. The third-order valence-corrected chi connectivity index (χ3v) is 4.26. The summed E-state index contributed by atoms with van der Waals surface area (Å²) in [6.07, 6.45) is 0.705.